The molecular weight excluding hydrogens is 437 g/mol. The van der Waals surface area contributed by atoms with Gasteiger partial charge in [0, 0.05) is 30.0 Å². The third-order valence-corrected chi connectivity index (χ3v) is 6.51. The normalized spacial score (nSPS) is 26.2. The van der Waals surface area contributed by atoms with Crippen molar-refractivity contribution in [3.63, 3.8) is 0 Å². The maximum absolute atomic E-state index is 10.6. The van der Waals surface area contributed by atoms with Gasteiger partial charge >= 0.3 is 12.1 Å². The number of likely N-dealkylation sites (tertiary alicyclic amines) is 1. The largest absolute Gasteiger partial charge is 0.490 e. The van der Waals surface area contributed by atoms with E-state index in [0.717, 1.165) is 44.4 Å². The van der Waals surface area contributed by atoms with Crippen LogP contribution < -0.4 is 0 Å². The number of carboxylic acids is 1. The number of hydrogen-bond acceptors (Lipinski definition) is 8. The molecule has 0 unspecified atom stereocenters. The molecule has 5 rings (SSSR count). The van der Waals surface area contributed by atoms with E-state index in [9.17, 15) is 13.2 Å². The van der Waals surface area contributed by atoms with Gasteiger partial charge in [0.15, 0.2) is 0 Å². The average molecular weight is 460 g/mol. The Morgan fingerprint density at radius 1 is 1.29 bits per heavy atom. The van der Waals surface area contributed by atoms with Crippen molar-refractivity contribution >= 4 is 17.3 Å². The van der Waals surface area contributed by atoms with E-state index in [4.69, 9.17) is 19.1 Å². The Balaban J connectivity index is 0.000000289. The Morgan fingerprint density at radius 3 is 2.71 bits per heavy atom. The molecule has 0 radical (unpaired) electrons. The van der Waals surface area contributed by atoms with Crippen LogP contribution in [0.2, 0.25) is 0 Å². The summed E-state index contributed by atoms with van der Waals surface area (Å²) in [4.78, 5) is 15.8. The van der Waals surface area contributed by atoms with Gasteiger partial charge in [0.05, 0.1) is 25.7 Å². The summed E-state index contributed by atoms with van der Waals surface area (Å²) in [6.07, 6.45) is 1.39. The van der Waals surface area contributed by atoms with Gasteiger partial charge in [-0.15, -0.1) is 21.5 Å². The van der Waals surface area contributed by atoms with Crippen molar-refractivity contribution in [3.8, 4) is 0 Å². The highest BCUT2D eigenvalue weighted by Crippen LogP contribution is 2.40. The summed E-state index contributed by atoms with van der Waals surface area (Å²) in [5.74, 6) is 0.596. The summed E-state index contributed by atoms with van der Waals surface area (Å²) in [6.45, 7) is 4.06. The van der Waals surface area contributed by atoms with Crippen LogP contribution in [0.25, 0.3) is 0 Å². The van der Waals surface area contributed by atoms with Crippen LogP contribution in [0.1, 0.15) is 42.0 Å². The van der Waals surface area contributed by atoms with E-state index in [0.29, 0.717) is 17.8 Å². The van der Waals surface area contributed by atoms with Gasteiger partial charge in [-0.25, -0.2) is 9.78 Å². The number of rotatable bonds is 5. The summed E-state index contributed by atoms with van der Waals surface area (Å²) < 4.78 is 43.7. The summed E-state index contributed by atoms with van der Waals surface area (Å²) >= 11 is 1.74. The van der Waals surface area contributed by atoms with Gasteiger partial charge < -0.3 is 14.3 Å². The fourth-order valence-corrected chi connectivity index (χ4v) is 4.71. The lowest BCUT2D eigenvalue weighted by Crippen LogP contribution is -2.41. The van der Waals surface area contributed by atoms with Crippen molar-refractivity contribution in [2.24, 2.45) is 11.8 Å². The number of aromatic nitrogens is 3. The van der Waals surface area contributed by atoms with Crippen molar-refractivity contribution in [3.05, 3.63) is 28.4 Å². The number of piperidine rings is 1. The van der Waals surface area contributed by atoms with Crippen molar-refractivity contribution in [2.75, 3.05) is 19.7 Å². The molecule has 2 aliphatic heterocycles. The number of fused-ring (bicyclic) bond motifs is 1. The summed E-state index contributed by atoms with van der Waals surface area (Å²) in [5.41, 5.74) is 0. The smallest absolute Gasteiger partial charge is 0.475 e. The molecule has 0 aromatic carbocycles. The molecule has 0 amide bonds. The van der Waals surface area contributed by atoms with Gasteiger partial charge in [-0.05, 0) is 31.7 Å². The zero-order valence-corrected chi connectivity index (χ0v) is 17.4. The molecular formula is C19H23F3N4O4S. The molecule has 0 bridgehead atoms. The van der Waals surface area contributed by atoms with Crippen LogP contribution in [-0.2, 0) is 22.5 Å². The molecule has 31 heavy (non-hydrogen) atoms. The van der Waals surface area contributed by atoms with E-state index in [2.05, 4.69) is 25.5 Å². The van der Waals surface area contributed by atoms with Crippen LogP contribution in [0.5, 0.6) is 0 Å². The molecule has 8 nitrogen and oxygen atoms in total. The minimum atomic E-state index is -5.08. The summed E-state index contributed by atoms with van der Waals surface area (Å²) in [6, 6.07) is 0. The maximum atomic E-state index is 10.6. The first-order valence-corrected chi connectivity index (χ1v) is 11.0. The molecule has 1 saturated carbocycles. The Labute approximate surface area is 180 Å². The minimum absolute atomic E-state index is 0.240. The zero-order chi connectivity index (χ0) is 22.0. The van der Waals surface area contributed by atoms with Gasteiger partial charge in [0.2, 0.25) is 11.8 Å². The number of alkyl halides is 3. The molecule has 3 aliphatic rings. The first kappa shape index (κ1) is 22.2. The van der Waals surface area contributed by atoms with Crippen LogP contribution in [0, 0.1) is 11.8 Å². The van der Waals surface area contributed by atoms with Crippen LogP contribution in [0.3, 0.4) is 0 Å². The lowest BCUT2D eigenvalue weighted by atomic mass is 9.83. The molecule has 0 spiro atoms. The SMILES string of the molecule is O=C(O)C(F)(F)F.c1csc(CN2CC[C@@H]3[C@@H](CO[C@@H]3Cc3nnc(C4CC4)o3)C2)n1. The molecule has 1 aliphatic carbocycles. The summed E-state index contributed by atoms with van der Waals surface area (Å²) in [7, 11) is 0. The quantitative estimate of drug-likeness (QED) is 0.726. The second-order valence-corrected chi connectivity index (χ2v) is 9.04. The highest BCUT2D eigenvalue weighted by atomic mass is 32.1. The molecule has 3 atom stereocenters. The lowest BCUT2D eigenvalue weighted by molar-refractivity contribution is -0.192. The number of aliphatic carboxylic acids is 1. The Hall–Kier alpha value is -2.05. The standard InChI is InChI=1S/C17H22N4O2S.C2HF3O2/c1-2-11(1)17-20-19-15(23-17)7-14-13-3-5-21(8-12(13)10-22-14)9-16-18-4-6-24-16;3-2(4,5)1(6)7/h4,6,11-14H,1-3,5,7-10H2;(H,6,7)/t12-,13-,14-;/m1./s1. The van der Waals surface area contributed by atoms with E-state index in [1.54, 1.807) is 11.3 Å². The second-order valence-electron chi connectivity index (χ2n) is 8.06. The topological polar surface area (TPSA) is 102 Å². The van der Waals surface area contributed by atoms with Gasteiger partial charge in [0.25, 0.3) is 0 Å². The number of hydrogen-bond donors (Lipinski definition) is 1. The molecule has 170 valence electrons. The van der Waals surface area contributed by atoms with Gasteiger partial charge in [-0.1, -0.05) is 0 Å². The number of halogens is 3. The first-order valence-electron chi connectivity index (χ1n) is 10.1. The average Bonchev–Trinajstić information content (AvgIpc) is 3.10. The summed E-state index contributed by atoms with van der Waals surface area (Å²) in [5, 5.41) is 18.8. The fourth-order valence-electron chi connectivity index (χ4n) is 4.05. The molecule has 2 aromatic heterocycles. The third-order valence-electron chi connectivity index (χ3n) is 5.75. The predicted octanol–water partition coefficient (Wildman–Crippen LogP) is 3.12. The van der Waals surface area contributed by atoms with E-state index in [-0.39, 0.29) is 6.10 Å². The highest BCUT2D eigenvalue weighted by Gasteiger charge is 2.42. The van der Waals surface area contributed by atoms with Crippen LogP contribution in [0.15, 0.2) is 16.0 Å². The second kappa shape index (κ2) is 9.21. The minimum Gasteiger partial charge on any atom is -0.475 e. The van der Waals surface area contributed by atoms with E-state index in [1.165, 1.54) is 24.3 Å². The monoisotopic (exact) mass is 460 g/mol. The first-order chi connectivity index (χ1) is 14.8. The van der Waals surface area contributed by atoms with Gasteiger partial charge in [0.1, 0.15) is 5.01 Å². The van der Waals surface area contributed by atoms with Gasteiger partial charge in [-0.3, -0.25) is 4.90 Å². The number of thiazole rings is 1. The van der Waals surface area contributed by atoms with Crippen molar-refractivity contribution in [1.82, 2.24) is 20.1 Å². The van der Waals surface area contributed by atoms with Crippen molar-refractivity contribution < 1.29 is 32.2 Å². The molecule has 4 heterocycles. The lowest BCUT2D eigenvalue weighted by Gasteiger charge is -2.34. The van der Waals surface area contributed by atoms with E-state index in [1.807, 2.05) is 6.20 Å². The van der Waals surface area contributed by atoms with Gasteiger partial charge in [-0.2, -0.15) is 13.2 Å². The van der Waals surface area contributed by atoms with E-state index >= 15 is 0 Å². The Kier molecular flexibility index (Phi) is 6.58. The predicted molar refractivity (Wildman–Crippen MR) is 102 cm³/mol. The Morgan fingerprint density at radius 2 is 2.06 bits per heavy atom. The molecule has 2 aromatic rings. The number of nitrogens with zero attached hydrogens (tertiary/aromatic N) is 4. The molecule has 12 heteroatoms. The van der Waals surface area contributed by atoms with Crippen LogP contribution >= 0.6 is 11.3 Å². The van der Waals surface area contributed by atoms with Crippen molar-refractivity contribution in [2.45, 2.75) is 50.4 Å². The maximum Gasteiger partial charge on any atom is 0.490 e. The number of carbonyl (C=O) groups is 1. The van der Waals surface area contributed by atoms with Crippen LogP contribution in [0.4, 0.5) is 13.2 Å². The number of ether oxygens (including phenoxy) is 1. The molecule has 3 fully saturated rings. The molecule has 2 saturated heterocycles. The fraction of sp³-hybridized carbons (Fsp3) is 0.684. The zero-order valence-electron chi connectivity index (χ0n) is 16.6. The molecule has 1 N–H and O–H groups in total. The van der Waals surface area contributed by atoms with Crippen molar-refractivity contribution in [1.29, 1.82) is 0 Å². The number of carboxylic acid groups (broad SMARTS) is 1. The highest BCUT2D eigenvalue weighted by molar-refractivity contribution is 7.09. The van der Waals surface area contributed by atoms with Crippen LogP contribution in [-0.4, -0.2) is 63.1 Å². The van der Waals surface area contributed by atoms with E-state index < -0.39 is 12.1 Å². The Bertz CT molecular complexity index is 872. The third kappa shape index (κ3) is 5.80.